The molecule has 0 spiro atoms. The highest BCUT2D eigenvalue weighted by Gasteiger charge is 2.14. The molecule has 0 fully saturated rings. The Kier molecular flexibility index (Phi) is 9.01. The number of nitrogens with two attached hydrogens (primary N) is 1. The third-order valence-electron chi connectivity index (χ3n) is 5.27. The van der Waals surface area contributed by atoms with Crippen molar-refractivity contribution < 1.29 is 9.53 Å². The summed E-state index contributed by atoms with van der Waals surface area (Å²) in [7, 11) is 0. The van der Waals surface area contributed by atoms with Gasteiger partial charge < -0.3 is 15.9 Å². The van der Waals surface area contributed by atoms with E-state index < -0.39 is 0 Å². The van der Waals surface area contributed by atoms with Gasteiger partial charge in [-0.3, -0.25) is 4.79 Å². The maximum absolute atomic E-state index is 12.4. The van der Waals surface area contributed by atoms with Crippen molar-refractivity contribution in [1.29, 1.82) is 0 Å². The number of anilines is 1. The molecule has 0 saturated heterocycles. The number of nitrogen functional groups attached to an aromatic ring is 1. The monoisotopic (exact) mass is 535 g/mol. The second kappa shape index (κ2) is 12.8. The molecule has 1 atom stereocenters. The normalized spacial score (nSPS) is 11.8. The van der Waals surface area contributed by atoms with Crippen LogP contribution in [0.2, 0.25) is 5.02 Å². The largest absolute Gasteiger partial charge is 0.488 e. The number of hydrogen-bond donors (Lipinski definition) is 3. The molecule has 1 heterocycles. The molecule has 4 rings (SSSR count). The molecular formula is C26H26ClN7O2S. The molecule has 4 N–H and O–H groups in total. The van der Waals surface area contributed by atoms with Gasteiger partial charge in [0.1, 0.15) is 12.4 Å². The lowest BCUT2D eigenvalue weighted by Gasteiger charge is -2.13. The van der Waals surface area contributed by atoms with Crippen LogP contribution in [0.5, 0.6) is 5.75 Å². The van der Waals surface area contributed by atoms with Gasteiger partial charge in [-0.2, -0.15) is 5.10 Å². The fraction of sp³-hybridized carbons (Fsp3) is 0.154. The summed E-state index contributed by atoms with van der Waals surface area (Å²) in [4.78, 5) is 12.4. The molecule has 0 saturated carbocycles. The fourth-order valence-corrected chi connectivity index (χ4v) is 4.10. The molecule has 11 heteroatoms. The number of benzene rings is 3. The van der Waals surface area contributed by atoms with E-state index in [9.17, 15) is 4.79 Å². The van der Waals surface area contributed by atoms with Gasteiger partial charge in [-0.25, -0.2) is 10.1 Å². The van der Waals surface area contributed by atoms with Gasteiger partial charge in [0.05, 0.1) is 18.0 Å². The molecule has 0 aliphatic heterocycles. The maximum atomic E-state index is 12.4. The van der Waals surface area contributed by atoms with Crippen molar-refractivity contribution in [3.8, 4) is 5.75 Å². The molecule has 0 aliphatic carbocycles. The fourth-order valence-electron chi connectivity index (χ4n) is 3.31. The molecular weight excluding hydrogens is 510 g/mol. The van der Waals surface area contributed by atoms with E-state index in [0.29, 0.717) is 22.5 Å². The number of ether oxygens (including phenoxy) is 1. The van der Waals surface area contributed by atoms with Crippen molar-refractivity contribution in [2.75, 3.05) is 17.0 Å². The van der Waals surface area contributed by atoms with Gasteiger partial charge in [-0.05, 0) is 42.3 Å². The van der Waals surface area contributed by atoms with E-state index in [0.717, 1.165) is 16.7 Å². The second-order valence-electron chi connectivity index (χ2n) is 7.99. The van der Waals surface area contributed by atoms with Crippen molar-refractivity contribution in [2.45, 2.75) is 24.7 Å². The van der Waals surface area contributed by atoms with Gasteiger partial charge in [0.2, 0.25) is 11.1 Å². The first-order chi connectivity index (χ1) is 18.0. The highest BCUT2D eigenvalue weighted by molar-refractivity contribution is 7.99. The molecule has 1 aromatic heterocycles. The summed E-state index contributed by atoms with van der Waals surface area (Å²) >= 11 is 7.12. The van der Waals surface area contributed by atoms with Gasteiger partial charge in [0, 0.05) is 10.6 Å². The molecule has 3 aromatic carbocycles. The molecule has 0 radical (unpaired) electrons. The molecule has 0 bridgehead atoms. The summed E-state index contributed by atoms with van der Waals surface area (Å²) in [5.74, 6) is 7.00. The highest BCUT2D eigenvalue weighted by atomic mass is 35.5. The van der Waals surface area contributed by atoms with E-state index in [2.05, 4.69) is 26.0 Å². The average molecular weight is 536 g/mol. The van der Waals surface area contributed by atoms with E-state index in [4.69, 9.17) is 22.2 Å². The topological polar surface area (TPSA) is 119 Å². The van der Waals surface area contributed by atoms with Crippen LogP contribution in [0.4, 0.5) is 5.95 Å². The lowest BCUT2D eigenvalue weighted by Crippen LogP contribution is -2.28. The molecule has 1 amide bonds. The van der Waals surface area contributed by atoms with Gasteiger partial charge in [0.15, 0.2) is 0 Å². The lowest BCUT2D eigenvalue weighted by molar-refractivity contribution is -0.119. The van der Waals surface area contributed by atoms with Crippen molar-refractivity contribution in [3.63, 3.8) is 0 Å². The Morgan fingerprint density at radius 2 is 1.84 bits per heavy atom. The number of aromatic nitrogens is 3. The molecule has 37 heavy (non-hydrogen) atoms. The summed E-state index contributed by atoms with van der Waals surface area (Å²) in [5.41, 5.74) is 5.58. The van der Waals surface area contributed by atoms with Crippen molar-refractivity contribution in [3.05, 3.63) is 101 Å². The van der Waals surface area contributed by atoms with Crippen molar-refractivity contribution in [2.24, 2.45) is 5.10 Å². The Balaban J connectivity index is 1.29. The maximum Gasteiger partial charge on any atom is 0.264 e. The standard InChI is InChI=1S/C26H26ClN7O2S/c1-18(20-7-3-2-4-8-20)30-24(35)17-37-26-33-32-25(34(26)28)31-29-15-21-9-5-6-10-23(21)36-16-19-11-13-22(27)14-12-19/h2-15,18H,16-17,28H2,1H3,(H,30,35)(H,31,32)/b29-15+. The summed E-state index contributed by atoms with van der Waals surface area (Å²) in [6.07, 6.45) is 1.61. The van der Waals surface area contributed by atoms with Crippen LogP contribution in [-0.4, -0.2) is 32.7 Å². The van der Waals surface area contributed by atoms with Gasteiger partial charge in [0.25, 0.3) is 5.95 Å². The number of para-hydroxylation sites is 1. The van der Waals surface area contributed by atoms with E-state index in [1.54, 1.807) is 6.21 Å². The van der Waals surface area contributed by atoms with E-state index >= 15 is 0 Å². The quantitative estimate of drug-likeness (QED) is 0.111. The van der Waals surface area contributed by atoms with Crippen molar-refractivity contribution >= 4 is 41.4 Å². The summed E-state index contributed by atoms with van der Waals surface area (Å²) in [6.45, 7) is 2.33. The predicted molar refractivity (Wildman–Crippen MR) is 147 cm³/mol. The molecule has 1 unspecified atom stereocenters. The minimum atomic E-state index is -0.132. The van der Waals surface area contributed by atoms with Gasteiger partial charge in [-0.15, -0.1) is 10.2 Å². The molecule has 9 nitrogen and oxygen atoms in total. The zero-order valence-corrected chi connectivity index (χ0v) is 21.6. The minimum Gasteiger partial charge on any atom is -0.488 e. The number of hydrazone groups is 1. The van der Waals surface area contributed by atoms with Crippen LogP contribution < -0.4 is 21.3 Å². The second-order valence-corrected chi connectivity index (χ2v) is 9.37. The van der Waals surface area contributed by atoms with Crippen LogP contribution in [0.1, 0.15) is 29.7 Å². The van der Waals surface area contributed by atoms with E-state index in [-0.39, 0.29) is 23.7 Å². The Bertz CT molecular complexity index is 1350. The van der Waals surface area contributed by atoms with Crippen molar-refractivity contribution in [1.82, 2.24) is 20.2 Å². The zero-order chi connectivity index (χ0) is 26.0. The van der Waals surface area contributed by atoms with Crippen LogP contribution in [-0.2, 0) is 11.4 Å². The number of nitrogens with one attached hydrogen (secondary N) is 2. The lowest BCUT2D eigenvalue weighted by atomic mass is 10.1. The smallest absolute Gasteiger partial charge is 0.264 e. The van der Waals surface area contributed by atoms with Crippen LogP contribution >= 0.6 is 23.4 Å². The average Bonchev–Trinajstić information content (AvgIpc) is 3.27. The third-order valence-corrected chi connectivity index (χ3v) is 6.46. The van der Waals surface area contributed by atoms with Gasteiger partial charge in [-0.1, -0.05) is 78.0 Å². The van der Waals surface area contributed by atoms with Gasteiger partial charge >= 0.3 is 0 Å². The Morgan fingerprint density at radius 1 is 1.11 bits per heavy atom. The molecule has 4 aromatic rings. The summed E-state index contributed by atoms with van der Waals surface area (Å²) < 4.78 is 7.19. The van der Waals surface area contributed by atoms with Crippen LogP contribution in [0.3, 0.4) is 0 Å². The number of amides is 1. The van der Waals surface area contributed by atoms with Crippen LogP contribution in [0.25, 0.3) is 0 Å². The van der Waals surface area contributed by atoms with E-state index in [1.807, 2.05) is 85.8 Å². The first-order valence-corrected chi connectivity index (χ1v) is 12.8. The number of carbonyl (C=O) groups excluding carboxylic acids is 1. The third kappa shape index (κ3) is 7.48. The number of carbonyl (C=O) groups is 1. The van der Waals surface area contributed by atoms with E-state index in [1.165, 1.54) is 16.4 Å². The molecule has 190 valence electrons. The zero-order valence-electron chi connectivity index (χ0n) is 20.0. The Morgan fingerprint density at radius 3 is 2.62 bits per heavy atom. The Hall–Kier alpha value is -4.02. The van der Waals surface area contributed by atoms with Crippen LogP contribution in [0, 0.1) is 0 Å². The number of thioether (sulfide) groups is 1. The summed E-state index contributed by atoms with van der Waals surface area (Å²) in [6, 6.07) is 24.6. The number of nitrogens with zero attached hydrogens (tertiary/aromatic N) is 4. The highest BCUT2D eigenvalue weighted by Crippen LogP contribution is 2.20. The SMILES string of the molecule is CC(NC(=O)CSc1nnc(N/N=C/c2ccccc2OCc2ccc(Cl)cc2)n1N)c1ccccc1. The predicted octanol–water partition coefficient (Wildman–Crippen LogP) is 4.64. The number of halogens is 1. The number of hydrogen-bond acceptors (Lipinski definition) is 8. The first-order valence-electron chi connectivity index (χ1n) is 11.4. The molecule has 0 aliphatic rings. The minimum absolute atomic E-state index is 0.102. The van der Waals surface area contributed by atoms with Crippen LogP contribution in [0.15, 0.2) is 89.1 Å². The summed E-state index contributed by atoms with van der Waals surface area (Å²) in [5, 5.41) is 16.3. The first kappa shape index (κ1) is 26.1. The number of rotatable bonds is 11. The Labute approximate surface area is 224 Å².